The molecule has 0 radical (unpaired) electrons. The molecule has 2 heterocycles. The van der Waals surface area contributed by atoms with E-state index < -0.39 is 0 Å². The van der Waals surface area contributed by atoms with E-state index in [9.17, 15) is 0 Å². The third kappa shape index (κ3) is 4.06. The number of rotatable bonds is 4. The molecule has 1 N–H and O–H groups in total. The average molecular weight is 307 g/mol. The Kier molecular flexibility index (Phi) is 5.79. The molecule has 21 heavy (non-hydrogen) atoms. The molecule has 0 spiro atoms. The van der Waals surface area contributed by atoms with Crippen molar-refractivity contribution in [2.45, 2.75) is 25.4 Å². The van der Waals surface area contributed by atoms with E-state index in [4.69, 9.17) is 0 Å². The third-order valence-electron chi connectivity index (χ3n) is 4.06. The highest BCUT2D eigenvalue weighted by molar-refractivity contribution is 5.85. The van der Waals surface area contributed by atoms with Gasteiger partial charge in [-0.1, -0.05) is 12.1 Å². The van der Waals surface area contributed by atoms with Crippen LogP contribution < -0.4 is 5.32 Å². The molecule has 114 valence electrons. The van der Waals surface area contributed by atoms with Gasteiger partial charge >= 0.3 is 0 Å². The maximum Gasteiger partial charge on any atom is 0.0991 e. The van der Waals surface area contributed by atoms with Crippen LogP contribution in [0, 0.1) is 0 Å². The second kappa shape index (κ2) is 7.59. The first-order chi connectivity index (χ1) is 9.85. The molecular formula is C16H23ClN4. The fraction of sp³-hybridized carbons (Fsp3) is 0.438. The molecular weight excluding hydrogens is 284 g/mol. The van der Waals surface area contributed by atoms with Gasteiger partial charge in [0.05, 0.1) is 6.33 Å². The maximum atomic E-state index is 4.08. The summed E-state index contributed by atoms with van der Waals surface area (Å²) >= 11 is 0. The van der Waals surface area contributed by atoms with E-state index in [2.05, 4.69) is 46.5 Å². The molecule has 0 bridgehead atoms. The topological polar surface area (TPSA) is 33.1 Å². The number of nitrogens with one attached hydrogen (secondary N) is 1. The number of imidazole rings is 1. The van der Waals surface area contributed by atoms with Gasteiger partial charge in [-0.2, -0.15) is 0 Å². The highest BCUT2D eigenvalue weighted by Gasteiger charge is 2.18. The lowest BCUT2D eigenvalue weighted by atomic mass is 10.0. The summed E-state index contributed by atoms with van der Waals surface area (Å²) in [7, 11) is 2.06. The van der Waals surface area contributed by atoms with Crippen LogP contribution in [0.15, 0.2) is 43.0 Å². The van der Waals surface area contributed by atoms with Crippen LogP contribution in [0.3, 0.4) is 0 Å². The van der Waals surface area contributed by atoms with Gasteiger partial charge < -0.3 is 9.88 Å². The van der Waals surface area contributed by atoms with Crippen molar-refractivity contribution in [2.24, 2.45) is 0 Å². The Bertz CT molecular complexity index is 524. The zero-order chi connectivity index (χ0) is 13.8. The number of halogens is 1. The number of benzene rings is 1. The second-order valence-electron chi connectivity index (χ2n) is 5.50. The Morgan fingerprint density at radius 2 is 2.10 bits per heavy atom. The summed E-state index contributed by atoms with van der Waals surface area (Å²) in [6, 6.07) is 9.41. The van der Waals surface area contributed by atoms with Crippen LogP contribution in [0.2, 0.25) is 0 Å². The summed E-state index contributed by atoms with van der Waals surface area (Å²) in [4.78, 5) is 6.62. The molecule has 1 aromatic carbocycles. The van der Waals surface area contributed by atoms with Crippen LogP contribution in [0.1, 0.15) is 18.4 Å². The molecule has 1 aliphatic rings. The van der Waals surface area contributed by atoms with Gasteiger partial charge in [-0.3, -0.25) is 4.90 Å². The Hall–Kier alpha value is -1.36. The summed E-state index contributed by atoms with van der Waals surface area (Å²) < 4.78 is 2.03. The third-order valence-corrected chi connectivity index (χ3v) is 4.06. The van der Waals surface area contributed by atoms with Crippen molar-refractivity contribution < 1.29 is 0 Å². The molecule has 5 heteroatoms. The summed E-state index contributed by atoms with van der Waals surface area (Å²) in [6.07, 6.45) is 8.19. The van der Waals surface area contributed by atoms with Crippen molar-refractivity contribution in [3.05, 3.63) is 48.5 Å². The molecule has 2 aromatic rings. The Morgan fingerprint density at radius 3 is 2.76 bits per heavy atom. The lowest BCUT2D eigenvalue weighted by molar-refractivity contribution is 0.188. The van der Waals surface area contributed by atoms with Gasteiger partial charge in [-0.25, -0.2) is 4.98 Å². The van der Waals surface area contributed by atoms with Crippen molar-refractivity contribution in [3.8, 4) is 5.69 Å². The van der Waals surface area contributed by atoms with Gasteiger partial charge in [-0.15, -0.1) is 12.4 Å². The van der Waals surface area contributed by atoms with E-state index in [0.717, 1.165) is 18.8 Å². The van der Waals surface area contributed by atoms with Gasteiger partial charge in [-0.05, 0) is 44.1 Å². The standard InChI is InChI=1S/C16H22N4.ClH/c1-17-15-3-2-9-19(12-15)11-14-4-6-16(7-5-14)20-10-8-18-13-20;/h4-8,10,13,15,17H,2-3,9,11-12H2,1H3;1H. The summed E-state index contributed by atoms with van der Waals surface area (Å²) in [5.74, 6) is 0. The van der Waals surface area contributed by atoms with E-state index in [0.29, 0.717) is 6.04 Å². The molecule has 1 aromatic heterocycles. The van der Waals surface area contributed by atoms with Crippen molar-refractivity contribution in [1.29, 1.82) is 0 Å². The predicted octanol–water partition coefficient (Wildman–Crippen LogP) is 2.48. The molecule has 0 aliphatic carbocycles. The van der Waals surface area contributed by atoms with Crippen LogP contribution in [-0.2, 0) is 6.54 Å². The number of hydrogen-bond acceptors (Lipinski definition) is 3. The van der Waals surface area contributed by atoms with Gasteiger partial charge in [0.25, 0.3) is 0 Å². The zero-order valence-corrected chi connectivity index (χ0v) is 13.2. The smallest absolute Gasteiger partial charge is 0.0991 e. The van der Waals surface area contributed by atoms with E-state index >= 15 is 0 Å². The van der Waals surface area contributed by atoms with Crippen LogP contribution in [0.5, 0.6) is 0 Å². The first-order valence-electron chi connectivity index (χ1n) is 7.32. The van der Waals surface area contributed by atoms with E-state index in [1.54, 1.807) is 6.20 Å². The van der Waals surface area contributed by atoms with Gasteiger partial charge in [0.15, 0.2) is 0 Å². The molecule has 4 nitrogen and oxygen atoms in total. The number of likely N-dealkylation sites (N-methyl/N-ethyl adjacent to an activating group) is 1. The molecule has 1 saturated heterocycles. The van der Waals surface area contributed by atoms with Gasteiger partial charge in [0.1, 0.15) is 0 Å². The van der Waals surface area contributed by atoms with E-state index in [-0.39, 0.29) is 12.4 Å². The molecule has 3 rings (SSSR count). The van der Waals surface area contributed by atoms with Gasteiger partial charge in [0.2, 0.25) is 0 Å². The molecule has 1 aliphatic heterocycles. The highest BCUT2D eigenvalue weighted by atomic mass is 35.5. The minimum absolute atomic E-state index is 0. The Balaban J connectivity index is 0.00000161. The Morgan fingerprint density at radius 1 is 1.29 bits per heavy atom. The van der Waals surface area contributed by atoms with Crippen molar-refractivity contribution in [2.75, 3.05) is 20.1 Å². The van der Waals surface area contributed by atoms with Crippen molar-refractivity contribution in [1.82, 2.24) is 19.8 Å². The molecule has 1 atom stereocenters. The largest absolute Gasteiger partial charge is 0.316 e. The molecule has 1 fully saturated rings. The maximum absolute atomic E-state index is 4.08. The second-order valence-corrected chi connectivity index (χ2v) is 5.50. The summed E-state index contributed by atoms with van der Waals surface area (Å²) in [5, 5.41) is 3.40. The quantitative estimate of drug-likeness (QED) is 0.942. The Labute approximate surface area is 132 Å². The van der Waals surface area contributed by atoms with Gasteiger partial charge in [0, 0.05) is 37.2 Å². The normalized spacial score (nSPS) is 19.2. The first kappa shape index (κ1) is 16.0. The lowest BCUT2D eigenvalue weighted by Crippen LogP contribution is -2.43. The minimum atomic E-state index is 0. The van der Waals surface area contributed by atoms with E-state index in [1.165, 1.54) is 24.9 Å². The number of nitrogens with zero attached hydrogens (tertiary/aromatic N) is 3. The highest BCUT2D eigenvalue weighted by Crippen LogP contribution is 2.15. The average Bonchev–Trinajstić information content (AvgIpc) is 3.02. The van der Waals surface area contributed by atoms with Crippen LogP contribution in [0.4, 0.5) is 0 Å². The number of hydrogen-bond donors (Lipinski definition) is 1. The molecule has 0 saturated carbocycles. The van der Waals surface area contributed by atoms with Crippen LogP contribution in [-0.4, -0.2) is 40.6 Å². The van der Waals surface area contributed by atoms with Crippen LogP contribution >= 0.6 is 12.4 Å². The van der Waals surface area contributed by atoms with Crippen molar-refractivity contribution in [3.63, 3.8) is 0 Å². The molecule has 1 unspecified atom stereocenters. The fourth-order valence-electron chi connectivity index (χ4n) is 2.88. The van der Waals surface area contributed by atoms with Crippen LogP contribution in [0.25, 0.3) is 5.69 Å². The minimum Gasteiger partial charge on any atom is -0.316 e. The number of piperidine rings is 1. The summed E-state index contributed by atoms with van der Waals surface area (Å²) in [6.45, 7) is 3.41. The zero-order valence-electron chi connectivity index (χ0n) is 12.4. The number of likely N-dealkylation sites (tertiary alicyclic amines) is 1. The predicted molar refractivity (Wildman–Crippen MR) is 88.2 cm³/mol. The van der Waals surface area contributed by atoms with Crippen molar-refractivity contribution >= 4 is 12.4 Å². The fourth-order valence-corrected chi connectivity index (χ4v) is 2.88. The number of aromatic nitrogens is 2. The summed E-state index contributed by atoms with van der Waals surface area (Å²) in [5.41, 5.74) is 2.55. The SMILES string of the molecule is CNC1CCCN(Cc2ccc(-n3ccnc3)cc2)C1.Cl. The lowest BCUT2D eigenvalue weighted by Gasteiger charge is -2.32. The first-order valence-corrected chi connectivity index (χ1v) is 7.32. The monoisotopic (exact) mass is 306 g/mol. The van der Waals surface area contributed by atoms with E-state index in [1.807, 2.05) is 17.1 Å². The molecule has 0 amide bonds.